The van der Waals surface area contributed by atoms with Crippen LogP contribution < -0.4 is 5.73 Å². The van der Waals surface area contributed by atoms with E-state index in [0.717, 1.165) is 22.3 Å². The first-order valence-electron chi connectivity index (χ1n) is 8.07. The van der Waals surface area contributed by atoms with E-state index in [0.29, 0.717) is 24.6 Å². The quantitative estimate of drug-likeness (QED) is 0.756. The van der Waals surface area contributed by atoms with Crippen molar-refractivity contribution in [2.45, 2.75) is 6.61 Å². The van der Waals surface area contributed by atoms with Gasteiger partial charge in [-0.3, -0.25) is 0 Å². The number of nitrogens with zero attached hydrogens (tertiary/aromatic N) is 2. The van der Waals surface area contributed by atoms with Crippen LogP contribution in [0.1, 0.15) is 16.8 Å². The summed E-state index contributed by atoms with van der Waals surface area (Å²) in [6.07, 6.45) is 1.89. The van der Waals surface area contributed by atoms with E-state index in [1.807, 2.05) is 6.08 Å². The van der Waals surface area contributed by atoms with Crippen molar-refractivity contribution in [3.8, 4) is 11.3 Å². The lowest BCUT2D eigenvalue weighted by Crippen LogP contribution is -2.15. The minimum absolute atomic E-state index is 0.134. The number of rotatable bonds is 2. The molecule has 0 bridgehead atoms. The second-order valence-corrected chi connectivity index (χ2v) is 5.98. The number of halogens is 2. The van der Waals surface area contributed by atoms with Crippen molar-refractivity contribution >= 4 is 17.6 Å². The highest BCUT2D eigenvalue weighted by Crippen LogP contribution is 2.33. The molecule has 0 saturated heterocycles. The van der Waals surface area contributed by atoms with Gasteiger partial charge in [-0.15, -0.1) is 0 Å². The zero-order chi connectivity index (χ0) is 18.1. The molecular weight excluding hydrogens is 336 g/mol. The van der Waals surface area contributed by atoms with Crippen molar-refractivity contribution < 1.29 is 13.5 Å². The molecule has 0 atom stereocenters. The summed E-state index contributed by atoms with van der Waals surface area (Å²) in [5.41, 5.74) is 10.4. The normalized spacial score (nSPS) is 15.1. The highest BCUT2D eigenvalue weighted by Gasteiger charge is 2.22. The van der Waals surface area contributed by atoms with Gasteiger partial charge in [-0.25, -0.2) is 18.7 Å². The summed E-state index contributed by atoms with van der Waals surface area (Å²) >= 11 is 0. The monoisotopic (exact) mass is 351 g/mol. The summed E-state index contributed by atoms with van der Waals surface area (Å²) in [4.78, 5) is 8.71. The molecule has 3 aromatic rings. The summed E-state index contributed by atoms with van der Waals surface area (Å²) in [6, 6.07) is 12.2. The predicted molar refractivity (Wildman–Crippen MR) is 95.8 cm³/mol. The Morgan fingerprint density at radius 2 is 1.46 bits per heavy atom. The van der Waals surface area contributed by atoms with Crippen LogP contribution in [-0.2, 0) is 11.3 Å². The fraction of sp³-hybridized carbons (Fsp3) is 0.100. The Bertz CT molecular complexity index is 983. The maximum Gasteiger partial charge on any atom is 0.221 e. The van der Waals surface area contributed by atoms with Crippen LogP contribution in [0, 0.1) is 11.6 Å². The smallest absolute Gasteiger partial charge is 0.221 e. The zero-order valence-electron chi connectivity index (χ0n) is 13.7. The van der Waals surface area contributed by atoms with Gasteiger partial charge in [0.25, 0.3) is 0 Å². The van der Waals surface area contributed by atoms with E-state index in [2.05, 4.69) is 9.97 Å². The van der Waals surface area contributed by atoms with Crippen LogP contribution >= 0.6 is 0 Å². The molecule has 1 aliphatic heterocycles. The Morgan fingerprint density at radius 1 is 0.846 bits per heavy atom. The molecule has 0 amide bonds. The Labute approximate surface area is 149 Å². The summed E-state index contributed by atoms with van der Waals surface area (Å²) in [5.74, 6) is -0.481. The Kier molecular flexibility index (Phi) is 4.18. The van der Waals surface area contributed by atoms with E-state index in [4.69, 9.17) is 10.5 Å². The van der Waals surface area contributed by atoms with E-state index in [-0.39, 0.29) is 17.6 Å². The number of nitrogen functional groups attached to an aromatic ring is 1. The first-order chi connectivity index (χ1) is 12.6. The molecule has 4 nitrogen and oxygen atoms in total. The van der Waals surface area contributed by atoms with E-state index in [1.54, 1.807) is 24.3 Å². The number of nitrogens with two attached hydrogens (primary N) is 1. The summed E-state index contributed by atoms with van der Waals surface area (Å²) < 4.78 is 32.0. The van der Waals surface area contributed by atoms with Crippen LogP contribution in [0.25, 0.3) is 22.9 Å². The second-order valence-electron chi connectivity index (χ2n) is 5.98. The van der Waals surface area contributed by atoms with Crippen molar-refractivity contribution in [2.75, 3.05) is 12.3 Å². The number of hydrogen-bond donors (Lipinski definition) is 1. The lowest BCUT2D eigenvalue weighted by molar-refractivity contribution is 0.146. The molecule has 2 N–H and O–H groups in total. The molecule has 0 aliphatic carbocycles. The summed E-state index contributed by atoms with van der Waals surface area (Å²) in [7, 11) is 0. The third-order valence-corrected chi connectivity index (χ3v) is 4.16. The molecule has 2 heterocycles. The fourth-order valence-corrected chi connectivity index (χ4v) is 2.95. The number of hydrogen-bond acceptors (Lipinski definition) is 4. The van der Waals surface area contributed by atoms with Crippen molar-refractivity contribution in [2.24, 2.45) is 0 Å². The SMILES string of the molecule is Nc1nc2c(c(-c3ccc(F)cc3)n1)COC/C2=C/c1ccc(F)cc1. The maximum absolute atomic E-state index is 13.2. The van der Waals surface area contributed by atoms with Gasteiger partial charge < -0.3 is 10.5 Å². The number of aromatic nitrogens is 2. The van der Waals surface area contributed by atoms with Gasteiger partial charge >= 0.3 is 0 Å². The average Bonchev–Trinajstić information content (AvgIpc) is 2.64. The third-order valence-electron chi connectivity index (χ3n) is 4.16. The molecule has 1 aliphatic rings. The van der Waals surface area contributed by atoms with Crippen LogP contribution in [0.15, 0.2) is 48.5 Å². The molecule has 6 heteroatoms. The van der Waals surface area contributed by atoms with Gasteiger partial charge in [-0.1, -0.05) is 12.1 Å². The zero-order valence-corrected chi connectivity index (χ0v) is 13.7. The van der Waals surface area contributed by atoms with E-state index < -0.39 is 0 Å². The van der Waals surface area contributed by atoms with Crippen molar-refractivity contribution in [3.63, 3.8) is 0 Å². The Balaban J connectivity index is 1.83. The van der Waals surface area contributed by atoms with E-state index >= 15 is 0 Å². The Morgan fingerprint density at radius 3 is 2.15 bits per heavy atom. The second kappa shape index (κ2) is 6.65. The van der Waals surface area contributed by atoms with Crippen molar-refractivity contribution in [3.05, 3.63) is 77.0 Å². The van der Waals surface area contributed by atoms with Crippen LogP contribution in [0.4, 0.5) is 14.7 Å². The van der Waals surface area contributed by atoms with Gasteiger partial charge in [-0.05, 0) is 48.0 Å². The van der Waals surface area contributed by atoms with Crippen LogP contribution in [0.5, 0.6) is 0 Å². The third kappa shape index (κ3) is 3.19. The number of ether oxygens (including phenoxy) is 1. The molecule has 130 valence electrons. The lowest BCUT2D eigenvalue weighted by atomic mass is 9.98. The number of anilines is 1. The molecule has 0 unspecified atom stereocenters. The molecule has 0 spiro atoms. The van der Waals surface area contributed by atoms with Gasteiger partial charge in [-0.2, -0.15) is 0 Å². The van der Waals surface area contributed by atoms with Crippen molar-refractivity contribution in [1.29, 1.82) is 0 Å². The lowest BCUT2D eigenvalue weighted by Gasteiger charge is -2.21. The maximum atomic E-state index is 13.2. The van der Waals surface area contributed by atoms with Crippen molar-refractivity contribution in [1.82, 2.24) is 9.97 Å². The minimum atomic E-state index is -0.321. The summed E-state index contributed by atoms with van der Waals surface area (Å²) in [6.45, 7) is 0.701. The van der Waals surface area contributed by atoms with Crippen LogP contribution in [-0.4, -0.2) is 16.6 Å². The molecule has 26 heavy (non-hydrogen) atoms. The van der Waals surface area contributed by atoms with Crippen LogP contribution in [0.3, 0.4) is 0 Å². The van der Waals surface area contributed by atoms with E-state index in [9.17, 15) is 8.78 Å². The largest absolute Gasteiger partial charge is 0.372 e. The first kappa shape index (κ1) is 16.4. The highest BCUT2D eigenvalue weighted by molar-refractivity contribution is 5.85. The number of fused-ring (bicyclic) bond motifs is 1. The van der Waals surface area contributed by atoms with E-state index in [1.165, 1.54) is 24.3 Å². The van der Waals surface area contributed by atoms with Gasteiger partial charge in [0.15, 0.2) is 0 Å². The van der Waals surface area contributed by atoms with Crippen LogP contribution in [0.2, 0.25) is 0 Å². The molecular formula is C20H15F2N3O. The molecule has 0 radical (unpaired) electrons. The molecule has 0 fully saturated rings. The first-order valence-corrected chi connectivity index (χ1v) is 8.07. The minimum Gasteiger partial charge on any atom is -0.372 e. The average molecular weight is 351 g/mol. The van der Waals surface area contributed by atoms with Gasteiger partial charge in [0.05, 0.1) is 24.6 Å². The summed E-state index contributed by atoms with van der Waals surface area (Å²) in [5, 5.41) is 0. The molecule has 0 saturated carbocycles. The Hall–Kier alpha value is -3.12. The van der Waals surface area contributed by atoms with Gasteiger partial charge in [0.2, 0.25) is 5.95 Å². The predicted octanol–water partition coefficient (Wildman–Crippen LogP) is 4.07. The van der Waals surface area contributed by atoms with Gasteiger partial charge in [0, 0.05) is 16.7 Å². The molecule has 1 aromatic heterocycles. The number of benzene rings is 2. The topological polar surface area (TPSA) is 61.0 Å². The molecule has 2 aromatic carbocycles. The molecule has 4 rings (SSSR count). The highest BCUT2D eigenvalue weighted by atomic mass is 19.1. The fourth-order valence-electron chi connectivity index (χ4n) is 2.95. The van der Waals surface area contributed by atoms with Gasteiger partial charge in [0.1, 0.15) is 11.6 Å². The standard InChI is InChI=1S/C20H15F2N3O/c21-15-5-1-12(2-6-15)9-14-10-26-11-17-18(24-20(23)25-19(14)17)13-3-7-16(22)8-4-13/h1-9H,10-11H2,(H2,23,24,25)/b14-9-.